The smallest absolute Gasteiger partial charge is 0.259 e. The molecule has 0 aliphatic heterocycles. The second kappa shape index (κ2) is 8.60. The number of fused-ring (bicyclic) bond motifs is 1. The molecule has 0 bridgehead atoms. The van der Waals surface area contributed by atoms with Crippen molar-refractivity contribution in [3.8, 4) is 16.3 Å². The Morgan fingerprint density at radius 3 is 2.72 bits per heavy atom. The highest BCUT2D eigenvalue weighted by Crippen LogP contribution is 2.31. The topological polar surface area (TPSA) is 90.1 Å². The molecule has 3 aromatic carbocycles. The monoisotopic (exact) mass is 442 g/mol. The Bertz CT molecular complexity index is 1380. The minimum atomic E-state index is -0.272. The van der Waals surface area contributed by atoms with Crippen molar-refractivity contribution in [2.45, 2.75) is 13.5 Å². The highest BCUT2D eigenvalue weighted by molar-refractivity contribution is 7.21. The number of rotatable bonds is 6. The van der Waals surface area contributed by atoms with Crippen LogP contribution in [0.3, 0.4) is 0 Å². The van der Waals surface area contributed by atoms with Gasteiger partial charge in [0.25, 0.3) is 5.91 Å². The van der Waals surface area contributed by atoms with Crippen molar-refractivity contribution in [2.75, 3.05) is 5.32 Å². The summed E-state index contributed by atoms with van der Waals surface area (Å²) in [6.07, 6.45) is 0. The van der Waals surface area contributed by atoms with Crippen molar-refractivity contribution in [1.29, 1.82) is 0 Å². The van der Waals surface area contributed by atoms with E-state index in [1.807, 2.05) is 42.5 Å². The molecule has 0 spiro atoms. The van der Waals surface area contributed by atoms with Gasteiger partial charge in [-0.25, -0.2) is 4.98 Å². The predicted molar refractivity (Wildman–Crippen MR) is 123 cm³/mol. The number of ether oxygens (including phenoxy) is 1. The number of hydrogen-bond donors (Lipinski definition) is 1. The van der Waals surface area contributed by atoms with E-state index < -0.39 is 0 Å². The molecule has 0 aliphatic rings. The number of amides is 1. The first-order valence-corrected chi connectivity index (χ1v) is 10.8. The lowest BCUT2D eigenvalue weighted by molar-refractivity contribution is 0.102. The molecule has 0 unspecified atom stereocenters. The van der Waals surface area contributed by atoms with Gasteiger partial charge in [0.2, 0.25) is 11.7 Å². The summed E-state index contributed by atoms with van der Waals surface area (Å²) in [7, 11) is 0. The van der Waals surface area contributed by atoms with Gasteiger partial charge in [-0.1, -0.05) is 41.6 Å². The molecule has 5 rings (SSSR count). The van der Waals surface area contributed by atoms with E-state index in [-0.39, 0.29) is 12.5 Å². The molecule has 0 fully saturated rings. The molecule has 8 heteroatoms. The van der Waals surface area contributed by atoms with Crippen LogP contribution in [0.15, 0.2) is 77.3 Å². The molecule has 158 valence electrons. The maximum Gasteiger partial charge on any atom is 0.259 e. The first-order chi connectivity index (χ1) is 15.7. The van der Waals surface area contributed by atoms with E-state index in [4.69, 9.17) is 14.2 Å². The van der Waals surface area contributed by atoms with Gasteiger partial charge in [-0.05, 0) is 36.4 Å². The SMILES string of the molecule is Cc1nc(COc2ccccc2C(=O)Nc2cccc(-c3nc4ccccc4s3)c2)no1. The van der Waals surface area contributed by atoms with Crippen LogP contribution in [-0.2, 0) is 6.61 Å². The van der Waals surface area contributed by atoms with E-state index in [2.05, 4.69) is 21.5 Å². The lowest BCUT2D eigenvalue weighted by atomic mass is 10.1. The first-order valence-electron chi connectivity index (χ1n) is 9.94. The molecule has 1 N–H and O–H groups in total. The number of aryl methyl sites for hydroxylation is 1. The number of carbonyl (C=O) groups is 1. The third kappa shape index (κ3) is 4.21. The van der Waals surface area contributed by atoms with E-state index >= 15 is 0 Å². The van der Waals surface area contributed by atoms with Crippen LogP contribution < -0.4 is 10.1 Å². The van der Waals surface area contributed by atoms with E-state index in [0.717, 1.165) is 20.8 Å². The number of benzene rings is 3. The number of nitrogens with zero attached hydrogens (tertiary/aromatic N) is 3. The van der Waals surface area contributed by atoms with E-state index in [1.165, 1.54) is 0 Å². The van der Waals surface area contributed by atoms with Crippen molar-refractivity contribution in [2.24, 2.45) is 0 Å². The average molecular weight is 443 g/mol. The van der Waals surface area contributed by atoms with Crippen LogP contribution in [0.5, 0.6) is 5.75 Å². The Labute approximate surface area is 187 Å². The molecule has 0 aliphatic carbocycles. The van der Waals surface area contributed by atoms with Crippen LogP contribution in [0, 0.1) is 6.92 Å². The van der Waals surface area contributed by atoms with Crippen molar-refractivity contribution in [3.05, 3.63) is 90.1 Å². The van der Waals surface area contributed by atoms with Gasteiger partial charge in [0.15, 0.2) is 6.61 Å². The summed E-state index contributed by atoms with van der Waals surface area (Å²) in [6, 6.07) is 22.7. The number of hydrogen-bond acceptors (Lipinski definition) is 7. The molecule has 2 aromatic heterocycles. The van der Waals surface area contributed by atoms with Gasteiger partial charge in [0, 0.05) is 18.2 Å². The van der Waals surface area contributed by atoms with Crippen molar-refractivity contribution < 1.29 is 14.1 Å². The summed E-state index contributed by atoms with van der Waals surface area (Å²) in [6.45, 7) is 1.81. The average Bonchev–Trinajstić information content (AvgIpc) is 3.44. The second-order valence-corrected chi connectivity index (χ2v) is 8.07. The summed E-state index contributed by atoms with van der Waals surface area (Å²) in [5.74, 6) is 1.05. The standard InChI is InChI=1S/C24H18N4O3S/c1-15-25-22(28-31-15)14-30-20-11-4-2-9-18(20)23(29)26-17-8-6-7-16(13-17)24-27-19-10-3-5-12-21(19)32-24/h2-13H,14H2,1H3,(H,26,29). The minimum absolute atomic E-state index is 0.106. The van der Waals surface area contributed by atoms with Gasteiger partial charge in [0.05, 0.1) is 15.8 Å². The zero-order valence-electron chi connectivity index (χ0n) is 17.1. The number of aromatic nitrogens is 3. The lowest BCUT2D eigenvalue weighted by Crippen LogP contribution is -2.13. The van der Waals surface area contributed by atoms with Gasteiger partial charge >= 0.3 is 0 Å². The molecule has 2 heterocycles. The number of nitrogens with one attached hydrogen (secondary N) is 1. The molecule has 0 radical (unpaired) electrons. The van der Waals surface area contributed by atoms with Crippen LogP contribution in [0.2, 0.25) is 0 Å². The molecule has 0 saturated heterocycles. The summed E-state index contributed by atoms with van der Waals surface area (Å²) >= 11 is 1.62. The van der Waals surface area contributed by atoms with Crippen molar-refractivity contribution in [3.63, 3.8) is 0 Å². The summed E-state index contributed by atoms with van der Waals surface area (Å²) < 4.78 is 11.8. The molecule has 7 nitrogen and oxygen atoms in total. The van der Waals surface area contributed by atoms with Crippen LogP contribution in [0.1, 0.15) is 22.1 Å². The van der Waals surface area contributed by atoms with Gasteiger partial charge in [-0.15, -0.1) is 11.3 Å². The van der Waals surface area contributed by atoms with Crippen LogP contribution in [-0.4, -0.2) is 21.0 Å². The van der Waals surface area contributed by atoms with E-state index in [1.54, 1.807) is 42.5 Å². The first kappa shape index (κ1) is 19.9. The number of anilines is 1. The van der Waals surface area contributed by atoms with Crippen LogP contribution in [0.4, 0.5) is 5.69 Å². The van der Waals surface area contributed by atoms with E-state index in [0.29, 0.717) is 28.7 Å². The Kier molecular flexibility index (Phi) is 5.35. The van der Waals surface area contributed by atoms with E-state index in [9.17, 15) is 4.79 Å². The highest BCUT2D eigenvalue weighted by Gasteiger charge is 2.14. The molecule has 5 aromatic rings. The number of thiazole rings is 1. The lowest BCUT2D eigenvalue weighted by Gasteiger charge is -2.11. The van der Waals surface area contributed by atoms with Crippen LogP contribution >= 0.6 is 11.3 Å². The summed E-state index contributed by atoms with van der Waals surface area (Å²) in [5.41, 5.74) is 3.00. The fraction of sp³-hybridized carbons (Fsp3) is 0.0833. The van der Waals surface area contributed by atoms with Crippen molar-refractivity contribution in [1.82, 2.24) is 15.1 Å². The van der Waals surface area contributed by atoms with Gasteiger partial charge in [0.1, 0.15) is 10.8 Å². The van der Waals surface area contributed by atoms with Gasteiger partial charge in [-0.2, -0.15) is 4.98 Å². The quantitative estimate of drug-likeness (QED) is 0.374. The second-order valence-electron chi connectivity index (χ2n) is 7.04. The normalized spacial score (nSPS) is 10.9. The Balaban J connectivity index is 1.34. The Morgan fingerprint density at radius 2 is 1.88 bits per heavy atom. The molecule has 0 saturated carbocycles. The summed E-state index contributed by atoms with van der Waals surface area (Å²) in [4.78, 5) is 21.8. The Hall–Kier alpha value is -4.04. The van der Waals surface area contributed by atoms with Crippen molar-refractivity contribution >= 4 is 33.1 Å². The molecule has 32 heavy (non-hydrogen) atoms. The largest absolute Gasteiger partial charge is 0.485 e. The highest BCUT2D eigenvalue weighted by atomic mass is 32.1. The number of carbonyl (C=O) groups excluding carboxylic acids is 1. The maximum atomic E-state index is 13.0. The molecule has 1 amide bonds. The molecule has 0 atom stereocenters. The zero-order chi connectivity index (χ0) is 21.9. The predicted octanol–water partition coefficient (Wildman–Crippen LogP) is 5.49. The summed E-state index contributed by atoms with van der Waals surface area (Å²) in [5, 5.41) is 7.67. The minimum Gasteiger partial charge on any atom is -0.485 e. The maximum absolute atomic E-state index is 13.0. The fourth-order valence-corrected chi connectivity index (χ4v) is 4.21. The van der Waals surface area contributed by atoms with Crippen LogP contribution in [0.25, 0.3) is 20.8 Å². The van der Waals surface area contributed by atoms with Gasteiger partial charge in [-0.3, -0.25) is 4.79 Å². The number of para-hydroxylation sites is 2. The van der Waals surface area contributed by atoms with Gasteiger partial charge < -0.3 is 14.6 Å². The Morgan fingerprint density at radius 1 is 1.03 bits per heavy atom. The zero-order valence-corrected chi connectivity index (χ0v) is 17.9. The molecular weight excluding hydrogens is 424 g/mol. The third-order valence-electron chi connectivity index (χ3n) is 4.72. The fourth-order valence-electron chi connectivity index (χ4n) is 3.25. The molecular formula is C24H18N4O3S. The third-order valence-corrected chi connectivity index (χ3v) is 5.80.